The smallest absolute Gasteiger partial charge is 0.272 e. The van der Waals surface area contributed by atoms with Crippen LogP contribution in [0.2, 0.25) is 0 Å². The van der Waals surface area contributed by atoms with Crippen molar-refractivity contribution in [1.82, 2.24) is 9.88 Å². The summed E-state index contributed by atoms with van der Waals surface area (Å²) < 4.78 is 0. The molecule has 1 rings (SSSR count). The van der Waals surface area contributed by atoms with Crippen LogP contribution < -0.4 is 11.1 Å². The van der Waals surface area contributed by atoms with Gasteiger partial charge in [0.1, 0.15) is 5.69 Å². The summed E-state index contributed by atoms with van der Waals surface area (Å²) in [7, 11) is 3.44. The molecule has 5 nitrogen and oxygen atoms in total. The predicted molar refractivity (Wildman–Crippen MR) is 78.2 cm³/mol. The van der Waals surface area contributed by atoms with Crippen molar-refractivity contribution in [3.63, 3.8) is 0 Å². The maximum absolute atomic E-state index is 11.8. The van der Waals surface area contributed by atoms with Crippen molar-refractivity contribution in [2.45, 2.75) is 19.8 Å². The minimum absolute atomic E-state index is 0.0855. The molecule has 19 heavy (non-hydrogen) atoms. The Morgan fingerprint density at radius 1 is 1.53 bits per heavy atom. The molecular formula is C14H24N4O. The minimum Gasteiger partial charge on any atom is -0.385 e. The van der Waals surface area contributed by atoms with Crippen LogP contribution in [-0.2, 0) is 0 Å². The second-order valence-corrected chi connectivity index (χ2v) is 4.86. The van der Waals surface area contributed by atoms with Gasteiger partial charge >= 0.3 is 0 Å². The Morgan fingerprint density at radius 2 is 2.26 bits per heavy atom. The fourth-order valence-electron chi connectivity index (χ4n) is 1.83. The van der Waals surface area contributed by atoms with Crippen LogP contribution in [0.4, 0.5) is 5.69 Å². The van der Waals surface area contributed by atoms with Crippen molar-refractivity contribution in [3.05, 3.63) is 24.0 Å². The van der Waals surface area contributed by atoms with Gasteiger partial charge in [0, 0.05) is 32.5 Å². The van der Waals surface area contributed by atoms with E-state index in [-0.39, 0.29) is 5.91 Å². The second kappa shape index (κ2) is 7.74. The number of aromatic nitrogens is 1. The van der Waals surface area contributed by atoms with Crippen molar-refractivity contribution < 1.29 is 4.79 Å². The standard InChI is InChI=1S/C14H24N4O/c1-4-11(5-7-15)10-17-12-6-8-16-13(9-12)14(19)18(2)3/h6,8-9,11H,4-5,7,10,15H2,1-3H3,(H,16,17). The molecule has 0 aliphatic heterocycles. The molecule has 106 valence electrons. The molecule has 0 spiro atoms. The summed E-state index contributed by atoms with van der Waals surface area (Å²) in [5.74, 6) is 0.476. The average molecular weight is 264 g/mol. The Bertz CT molecular complexity index is 406. The summed E-state index contributed by atoms with van der Waals surface area (Å²) in [6.07, 6.45) is 3.76. The van der Waals surface area contributed by atoms with Gasteiger partial charge < -0.3 is 16.0 Å². The number of carbonyl (C=O) groups is 1. The van der Waals surface area contributed by atoms with Gasteiger partial charge in [-0.25, -0.2) is 0 Å². The van der Waals surface area contributed by atoms with Crippen LogP contribution >= 0.6 is 0 Å². The zero-order chi connectivity index (χ0) is 14.3. The molecular weight excluding hydrogens is 240 g/mol. The van der Waals surface area contributed by atoms with Crippen LogP contribution in [0.15, 0.2) is 18.3 Å². The first-order valence-corrected chi connectivity index (χ1v) is 6.70. The summed E-state index contributed by atoms with van der Waals surface area (Å²) in [5.41, 5.74) is 6.97. The number of nitrogens with zero attached hydrogens (tertiary/aromatic N) is 2. The molecule has 0 aromatic carbocycles. The van der Waals surface area contributed by atoms with E-state index in [0.29, 0.717) is 18.2 Å². The summed E-state index contributed by atoms with van der Waals surface area (Å²) in [6, 6.07) is 3.67. The second-order valence-electron chi connectivity index (χ2n) is 4.86. The number of anilines is 1. The van der Waals surface area contributed by atoms with Gasteiger partial charge in [-0.2, -0.15) is 0 Å². The van der Waals surface area contributed by atoms with Crippen LogP contribution in [0.5, 0.6) is 0 Å². The molecule has 0 fully saturated rings. The summed E-state index contributed by atoms with van der Waals surface area (Å²) >= 11 is 0. The third kappa shape index (κ3) is 4.87. The molecule has 0 radical (unpaired) electrons. The largest absolute Gasteiger partial charge is 0.385 e. The van der Waals surface area contributed by atoms with Crippen molar-refractivity contribution >= 4 is 11.6 Å². The molecule has 0 aliphatic carbocycles. The first-order valence-electron chi connectivity index (χ1n) is 6.70. The summed E-state index contributed by atoms with van der Waals surface area (Å²) in [4.78, 5) is 17.4. The van der Waals surface area contributed by atoms with E-state index in [1.54, 1.807) is 26.4 Å². The highest BCUT2D eigenvalue weighted by Gasteiger charge is 2.10. The summed E-state index contributed by atoms with van der Waals surface area (Å²) in [5, 5.41) is 3.35. The van der Waals surface area contributed by atoms with E-state index in [1.807, 2.05) is 6.07 Å². The zero-order valence-electron chi connectivity index (χ0n) is 12.0. The zero-order valence-corrected chi connectivity index (χ0v) is 12.0. The van der Waals surface area contributed by atoms with E-state index < -0.39 is 0 Å². The first-order chi connectivity index (χ1) is 9.08. The normalized spacial score (nSPS) is 12.0. The highest BCUT2D eigenvalue weighted by atomic mass is 16.2. The molecule has 3 N–H and O–H groups in total. The van der Waals surface area contributed by atoms with E-state index >= 15 is 0 Å². The topological polar surface area (TPSA) is 71.2 Å². The minimum atomic E-state index is -0.0855. The molecule has 0 saturated carbocycles. The van der Waals surface area contributed by atoms with Crippen LogP contribution in [0, 0.1) is 5.92 Å². The average Bonchev–Trinajstić information content (AvgIpc) is 2.42. The van der Waals surface area contributed by atoms with Crippen molar-refractivity contribution in [2.75, 3.05) is 32.5 Å². The molecule has 1 atom stereocenters. The maximum Gasteiger partial charge on any atom is 0.272 e. The Kier molecular flexibility index (Phi) is 6.29. The van der Waals surface area contributed by atoms with Crippen LogP contribution in [-0.4, -0.2) is 43.0 Å². The summed E-state index contributed by atoms with van der Waals surface area (Å²) in [6.45, 7) is 3.74. The fourth-order valence-corrected chi connectivity index (χ4v) is 1.83. The number of nitrogens with two attached hydrogens (primary N) is 1. The van der Waals surface area contributed by atoms with Gasteiger partial charge in [-0.05, 0) is 31.0 Å². The van der Waals surface area contributed by atoms with E-state index in [0.717, 1.165) is 25.1 Å². The molecule has 1 heterocycles. The van der Waals surface area contributed by atoms with E-state index in [9.17, 15) is 4.79 Å². The van der Waals surface area contributed by atoms with Gasteiger partial charge in [0.15, 0.2) is 0 Å². The van der Waals surface area contributed by atoms with Gasteiger partial charge in [-0.3, -0.25) is 9.78 Å². The lowest BCUT2D eigenvalue weighted by Crippen LogP contribution is -2.23. The number of pyridine rings is 1. The molecule has 0 saturated heterocycles. The van der Waals surface area contributed by atoms with Crippen LogP contribution in [0.1, 0.15) is 30.3 Å². The maximum atomic E-state index is 11.8. The Morgan fingerprint density at radius 3 is 2.84 bits per heavy atom. The monoisotopic (exact) mass is 264 g/mol. The number of rotatable bonds is 7. The van der Waals surface area contributed by atoms with Gasteiger partial charge in [-0.1, -0.05) is 13.3 Å². The van der Waals surface area contributed by atoms with Crippen molar-refractivity contribution in [3.8, 4) is 0 Å². The van der Waals surface area contributed by atoms with Gasteiger partial charge in [0.05, 0.1) is 0 Å². The van der Waals surface area contributed by atoms with Crippen molar-refractivity contribution in [1.29, 1.82) is 0 Å². The first kappa shape index (κ1) is 15.4. The van der Waals surface area contributed by atoms with Gasteiger partial charge in [-0.15, -0.1) is 0 Å². The quantitative estimate of drug-likeness (QED) is 0.784. The molecule has 5 heteroatoms. The molecule has 0 aliphatic rings. The number of carbonyl (C=O) groups excluding carboxylic acids is 1. The Hall–Kier alpha value is -1.62. The van der Waals surface area contributed by atoms with Crippen LogP contribution in [0.3, 0.4) is 0 Å². The number of hydrogen-bond acceptors (Lipinski definition) is 4. The number of hydrogen-bond donors (Lipinski definition) is 2. The van der Waals surface area contributed by atoms with Crippen LogP contribution in [0.25, 0.3) is 0 Å². The molecule has 1 unspecified atom stereocenters. The molecule has 1 aromatic heterocycles. The predicted octanol–water partition coefficient (Wildman–Crippen LogP) is 1.57. The van der Waals surface area contributed by atoms with E-state index in [4.69, 9.17) is 5.73 Å². The van der Waals surface area contributed by atoms with Gasteiger partial charge in [0.2, 0.25) is 0 Å². The van der Waals surface area contributed by atoms with E-state index in [1.165, 1.54) is 4.90 Å². The van der Waals surface area contributed by atoms with Crippen molar-refractivity contribution in [2.24, 2.45) is 11.7 Å². The third-order valence-corrected chi connectivity index (χ3v) is 3.13. The number of nitrogens with one attached hydrogen (secondary N) is 1. The molecule has 0 bridgehead atoms. The molecule has 1 aromatic rings. The van der Waals surface area contributed by atoms with Gasteiger partial charge in [0.25, 0.3) is 5.91 Å². The van der Waals surface area contributed by atoms with E-state index in [2.05, 4.69) is 17.2 Å². The lowest BCUT2D eigenvalue weighted by molar-refractivity contribution is 0.0822. The fraction of sp³-hybridized carbons (Fsp3) is 0.571. The third-order valence-electron chi connectivity index (χ3n) is 3.13. The molecule has 1 amide bonds. The SMILES string of the molecule is CCC(CCN)CNc1ccnc(C(=O)N(C)C)c1. The lowest BCUT2D eigenvalue weighted by Gasteiger charge is -2.16. The Labute approximate surface area is 115 Å². The number of amides is 1. The lowest BCUT2D eigenvalue weighted by atomic mass is 10.0. The highest BCUT2D eigenvalue weighted by molar-refractivity contribution is 5.92. The Balaban J connectivity index is 2.64. The highest BCUT2D eigenvalue weighted by Crippen LogP contribution is 2.12.